The summed E-state index contributed by atoms with van der Waals surface area (Å²) < 4.78 is 0. The molecule has 1 heterocycles. The van der Waals surface area contributed by atoms with E-state index < -0.39 is 35.8 Å². The molecule has 0 bridgehead atoms. The highest BCUT2D eigenvalue weighted by atomic mass is 16.2. The van der Waals surface area contributed by atoms with E-state index in [1.807, 2.05) is 127 Å². The van der Waals surface area contributed by atoms with Crippen LogP contribution in [0.5, 0.6) is 0 Å². The van der Waals surface area contributed by atoms with E-state index in [2.05, 4.69) is 21.3 Å². The van der Waals surface area contributed by atoms with Crippen LogP contribution in [-0.2, 0) is 38.4 Å². The fraction of sp³-hybridized carbons (Fsp3) is 0.244. The van der Waals surface area contributed by atoms with Gasteiger partial charge < -0.3 is 27.0 Å². The van der Waals surface area contributed by atoms with Crippen molar-refractivity contribution in [2.75, 3.05) is 13.1 Å². The molecule has 0 aromatic heterocycles. The van der Waals surface area contributed by atoms with Crippen molar-refractivity contribution in [1.82, 2.24) is 21.3 Å². The zero-order chi connectivity index (χ0) is 37.4. The number of nitrogens with two attached hydrogens (primary N) is 1. The molecule has 7 rings (SSSR count). The van der Waals surface area contributed by atoms with E-state index in [-0.39, 0.29) is 31.1 Å². The highest BCUT2D eigenvalue weighted by Crippen LogP contribution is 2.21. The smallest absolute Gasteiger partial charge is 0.243 e. The van der Waals surface area contributed by atoms with Gasteiger partial charge in [0.25, 0.3) is 0 Å². The Morgan fingerprint density at radius 2 is 0.889 bits per heavy atom. The van der Waals surface area contributed by atoms with Crippen molar-refractivity contribution >= 4 is 55.9 Å². The Balaban J connectivity index is 1.16. The normalized spacial score (nSPS) is 15.0. The van der Waals surface area contributed by atoms with Gasteiger partial charge in [-0.2, -0.15) is 0 Å². The number of carbonyl (C=O) groups is 4. The summed E-state index contributed by atoms with van der Waals surface area (Å²) in [4.78, 5) is 55.0. The topological polar surface area (TPSA) is 142 Å². The number of piperidine rings is 1. The third-order valence-corrected chi connectivity index (χ3v) is 10.4. The summed E-state index contributed by atoms with van der Waals surface area (Å²) in [5.41, 5.74) is 8.40. The summed E-state index contributed by atoms with van der Waals surface area (Å²) >= 11 is 0. The number of primary amides is 1. The second kappa shape index (κ2) is 16.7. The maximum atomic E-state index is 14.4. The van der Waals surface area contributed by atoms with Crippen molar-refractivity contribution < 1.29 is 19.2 Å². The second-order valence-corrected chi connectivity index (χ2v) is 14.3. The van der Waals surface area contributed by atoms with Crippen LogP contribution in [0.2, 0.25) is 0 Å². The molecule has 6 aromatic rings. The van der Waals surface area contributed by atoms with Crippen LogP contribution in [0.1, 0.15) is 29.5 Å². The third-order valence-electron chi connectivity index (χ3n) is 10.4. The van der Waals surface area contributed by atoms with Crippen molar-refractivity contribution in [3.63, 3.8) is 0 Å². The molecule has 0 spiro atoms. The number of carbonyl (C=O) groups excluding carboxylic acids is 4. The minimum absolute atomic E-state index is 0.148. The summed E-state index contributed by atoms with van der Waals surface area (Å²) in [6.07, 6.45) is 1.90. The van der Waals surface area contributed by atoms with E-state index in [1.54, 1.807) is 0 Å². The average Bonchev–Trinajstić information content (AvgIpc) is 3.20. The molecule has 3 atom stereocenters. The monoisotopic (exact) mass is 719 g/mol. The first kappa shape index (κ1) is 36.3. The van der Waals surface area contributed by atoms with Crippen LogP contribution in [0.3, 0.4) is 0 Å². The molecule has 0 saturated carbocycles. The van der Waals surface area contributed by atoms with Gasteiger partial charge in [0.2, 0.25) is 23.6 Å². The zero-order valence-electron chi connectivity index (χ0n) is 30.1. The van der Waals surface area contributed by atoms with Crippen molar-refractivity contribution in [3.8, 4) is 0 Å². The lowest BCUT2D eigenvalue weighted by Crippen LogP contribution is -2.58. The van der Waals surface area contributed by atoms with E-state index in [0.717, 1.165) is 62.1 Å². The third kappa shape index (κ3) is 8.93. The van der Waals surface area contributed by atoms with Gasteiger partial charge in [0.05, 0.1) is 0 Å². The van der Waals surface area contributed by atoms with Crippen molar-refractivity contribution in [2.45, 2.75) is 50.2 Å². The van der Waals surface area contributed by atoms with Crippen LogP contribution in [0.15, 0.2) is 127 Å². The Hall–Kier alpha value is -6.06. The van der Waals surface area contributed by atoms with Gasteiger partial charge in [-0.1, -0.05) is 127 Å². The van der Waals surface area contributed by atoms with Crippen molar-refractivity contribution in [3.05, 3.63) is 144 Å². The Morgan fingerprint density at radius 3 is 1.31 bits per heavy atom. The van der Waals surface area contributed by atoms with Crippen LogP contribution in [-0.4, -0.2) is 54.8 Å². The molecule has 9 heteroatoms. The SMILES string of the molecule is NC(=O)C(Cc1ccc2ccccc2c1)NC(=O)C(Cc1ccc2ccccc2c1)NC(=O)C(Cc1ccc2ccccc2c1)NC(=O)C1CCNCC1. The zero-order valence-corrected chi connectivity index (χ0v) is 30.1. The number of fused-ring (bicyclic) bond motifs is 3. The fourth-order valence-electron chi connectivity index (χ4n) is 7.36. The molecular formula is C45H45N5O4. The predicted octanol–water partition coefficient (Wildman–Crippen LogP) is 5.11. The maximum absolute atomic E-state index is 14.4. The fourth-order valence-corrected chi connectivity index (χ4v) is 7.36. The average molecular weight is 720 g/mol. The maximum Gasteiger partial charge on any atom is 0.243 e. The Morgan fingerprint density at radius 1 is 0.519 bits per heavy atom. The number of hydrogen-bond acceptors (Lipinski definition) is 5. The highest BCUT2D eigenvalue weighted by Gasteiger charge is 2.31. The molecule has 0 radical (unpaired) electrons. The van der Waals surface area contributed by atoms with Gasteiger partial charge in [0.15, 0.2) is 0 Å². The van der Waals surface area contributed by atoms with Gasteiger partial charge in [0.1, 0.15) is 18.1 Å². The lowest BCUT2D eigenvalue weighted by Gasteiger charge is -2.27. The highest BCUT2D eigenvalue weighted by molar-refractivity contribution is 5.95. The summed E-state index contributed by atoms with van der Waals surface area (Å²) in [6, 6.07) is 38.5. The van der Waals surface area contributed by atoms with E-state index in [0.29, 0.717) is 12.8 Å². The first-order chi connectivity index (χ1) is 26.3. The molecule has 1 saturated heterocycles. The summed E-state index contributed by atoms with van der Waals surface area (Å²) in [5.74, 6) is -2.12. The van der Waals surface area contributed by atoms with Crippen molar-refractivity contribution in [2.24, 2.45) is 11.7 Å². The summed E-state index contributed by atoms with van der Waals surface area (Å²) in [5, 5.41) is 18.4. The van der Waals surface area contributed by atoms with Crippen LogP contribution < -0.4 is 27.0 Å². The molecular weight excluding hydrogens is 675 g/mol. The van der Waals surface area contributed by atoms with Gasteiger partial charge in [-0.3, -0.25) is 19.2 Å². The molecule has 3 unspecified atom stereocenters. The molecule has 6 aromatic carbocycles. The van der Waals surface area contributed by atoms with Gasteiger partial charge >= 0.3 is 0 Å². The Labute approximate surface area is 314 Å². The van der Waals surface area contributed by atoms with E-state index in [4.69, 9.17) is 5.73 Å². The lowest BCUT2D eigenvalue weighted by molar-refractivity contribution is -0.134. The Bertz CT molecular complexity index is 2320. The standard InChI is InChI=1S/C45H45N5O4/c46-42(51)39(26-29-13-16-32-7-1-4-10-36(32)23-29)48-44(53)41(28-31-15-18-34-9-3-6-12-38(34)25-31)50-45(54)40(49-43(52)35-19-21-47-22-20-35)27-30-14-17-33-8-2-5-11-37(33)24-30/h1-18,23-25,35,39-41,47H,19-22,26-28H2,(H2,46,51)(H,48,53)(H,49,52)(H,50,54). The summed E-state index contributed by atoms with van der Waals surface area (Å²) in [6.45, 7) is 1.46. The second-order valence-electron chi connectivity index (χ2n) is 14.3. The minimum Gasteiger partial charge on any atom is -0.368 e. The molecule has 4 amide bonds. The molecule has 9 nitrogen and oxygen atoms in total. The Kier molecular flexibility index (Phi) is 11.3. The van der Waals surface area contributed by atoms with Crippen LogP contribution >= 0.6 is 0 Å². The van der Waals surface area contributed by atoms with Crippen molar-refractivity contribution in [1.29, 1.82) is 0 Å². The summed E-state index contributed by atoms with van der Waals surface area (Å²) in [7, 11) is 0. The van der Waals surface area contributed by atoms with Crippen LogP contribution in [0, 0.1) is 5.92 Å². The number of rotatable bonds is 13. The van der Waals surface area contributed by atoms with Crippen LogP contribution in [0.4, 0.5) is 0 Å². The van der Waals surface area contributed by atoms with Crippen LogP contribution in [0.25, 0.3) is 32.3 Å². The molecule has 54 heavy (non-hydrogen) atoms. The van der Waals surface area contributed by atoms with E-state index in [9.17, 15) is 19.2 Å². The molecule has 274 valence electrons. The quantitative estimate of drug-likeness (QED) is 0.113. The molecule has 1 aliphatic heterocycles. The van der Waals surface area contributed by atoms with E-state index >= 15 is 0 Å². The molecule has 1 aliphatic rings. The van der Waals surface area contributed by atoms with E-state index in [1.165, 1.54) is 0 Å². The molecule has 1 fully saturated rings. The van der Waals surface area contributed by atoms with Gasteiger partial charge in [0, 0.05) is 25.2 Å². The lowest BCUT2D eigenvalue weighted by atomic mass is 9.95. The molecule has 6 N–H and O–H groups in total. The largest absolute Gasteiger partial charge is 0.368 e. The first-order valence-corrected chi connectivity index (χ1v) is 18.6. The minimum atomic E-state index is -1.08. The number of nitrogens with one attached hydrogen (secondary N) is 4. The first-order valence-electron chi connectivity index (χ1n) is 18.6. The predicted molar refractivity (Wildman–Crippen MR) is 214 cm³/mol. The van der Waals surface area contributed by atoms with Gasteiger partial charge in [-0.25, -0.2) is 0 Å². The number of hydrogen-bond donors (Lipinski definition) is 5. The van der Waals surface area contributed by atoms with Gasteiger partial charge in [-0.05, 0) is 74.9 Å². The molecule has 0 aliphatic carbocycles. The number of benzene rings is 6. The van der Waals surface area contributed by atoms with Gasteiger partial charge in [-0.15, -0.1) is 0 Å². The number of amides is 4.